The van der Waals surface area contributed by atoms with Gasteiger partial charge in [0.2, 0.25) is 5.91 Å². The van der Waals surface area contributed by atoms with Gasteiger partial charge in [-0.2, -0.15) is 0 Å². The first-order valence-electron chi connectivity index (χ1n) is 10.9. The van der Waals surface area contributed by atoms with Gasteiger partial charge in [-0.25, -0.2) is 4.79 Å². The van der Waals surface area contributed by atoms with Crippen LogP contribution in [0.5, 0.6) is 0 Å². The molecule has 0 aromatic heterocycles. The van der Waals surface area contributed by atoms with Gasteiger partial charge in [-0.3, -0.25) is 14.4 Å². The predicted molar refractivity (Wildman–Crippen MR) is 123 cm³/mol. The van der Waals surface area contributed by atoms with E-state index in [9.17, 15) is 19.2 Å². The molecule has 1 heterocycles. The Morgan fingerprint density at radius 3 is 2.33 bits per heavy atom. The smallest absolute Gasteiger partial charge is 0.338 e. The molecule has 0 saturated carbocycles. The highest BCUT2D eigenvalue weighted by Gasteiger charge is 2.36. The summed E-state index contributed by atoms with van der Waals surface area (Å²) >= 11 is 0. The quantitative estimate of drug-likeness (QED) is 0.617. The summed E-state index contributed by atoms with van der Waals surface area (Å²) in [6.45, 7) is 5.30. The summed E-state index contributed by atoms with van der Waals surface area (Å²) in [4.78, 5) is 50.4. The number of carbonyl (C=O) groups is 4. The lowest BCUT2D eigenvalue weighted by Crippen LogP contribution is -2.28. The van der Waals surface area contributed by atoms with Crippen molar-refractivity contribution in [2.24, 2.45) is 5.92 Å². The molecule has 8 nitrogen and oxygen atoms in total. The van der Waals surface area contributed by atoms with E-state index in [0.717, 1.165) is 12.0 Å². The number of carbonyl (C=O) groups excluding carboxylic acids is 4. The molecule has 1 aliphatic heterocycles. The molecule has 0 aliphatic carbocycles. The Bertz CT molecular complexity index is 1010. The maximum atomic E-state index is 12.4. The number of hydrogen-bond acceptors (Lipinski definition) is 6. The van der Waals surface area contributed by atoms with Crippen LogP contribution in [-0.4, -0.2) is 43.0 Å². The third kappa shape index (κ3) is 6.41. The molecule has 1 saturated heterocycles. The molecule has 1 N–H and O–H groups in total. The largest absolute Gasteiger partial charge is 0.459 e. The van der Waals surface area contributed by atoms with Gasteiger partial charge in [0.05, 0.1) is 17.6 Å². The van der Waals surface area contributed by atoms with Gasteiger partial charge in [0.1, 0.15) is 0 Å². The molecular formula is C25H28N2O6. The summed E-state index contributed by atoms with van der Waals surface area (Å²) in [6.07, 6.45) is 0.668. The third-order valence-corrected chi connectivity index (χ3v) is 5.21. The van der Waals surface area contributed by atoms with Crippen molar-refractivity contribution < 1.29 is 28.7 Å². The number of nitrogens with zero attached hydrogens (tertiary/aromatic N) is 1. The number of aryl methyl sites for hydroxylation is 1. The first-order valence-corrected chi connectivity index (χ1v) is 10.9. The van der Waals surface area contributed by atoms with Gasteiger partial charge in [0, 0.05) is 24.3 Å². The molecule has 0 unspecified atom stereocenters. The maximum absolute atomic E-state index is 12.4. The Labute approximate surface area is 192 Å². The van der Waals surface area contributed by atoms with Crippen molar-refractivity contribution in [2.75, 3.05) is 23.4 Å². The van der Waals surface area contributed by atoms with E-state index in [0.29, 0.717) is 16.9 Å². The van der Waals surface area contributed by atoms with E-state index >= 15 is 0 Å². The van der Waals surface area contributed by atoms with Gasteiger partial charge in [0.15, 0.2) is 6.61 Å². The number of nitrogens with one attached hydrogen (secondary N) is 1. The van der Waals surface area contributed by atoms with E-state index < -0.39 is 30.4 Å². The molecule has 33 heavy (non-hydrogen) atoms. The van der Waals surface area contributed by atoms with E-state index in [1.54, 1.807) is 50.2 Å². The van der Waals surface area contributed by atoms with Crippen molar-refractivity contribution in [1.29, 1.82) is 0 Å². The summed E-state index contributed by atoms with van der Waals surface area (Å²) in [7, 11) is 0. The molecule has 1 fully saturated rings. The average Bonchev–Trinajstić information content (AvgIpc) is 3.19. The summed E-state index contributed by atoms with van der Waals surface area (Å²) in [5, 5.41) is 2.68. The second-order valence-electron chi connectivity index (χ2n) is 8.11. The van der Waals surface area contributed by atoms with Crippen LogP contribution < -0.4 is 10.2 Å². The Balaban J connectivity index is 1.51. The fourth-order valence-electron chi connectivity index (χ4n) is 3.45. The van der Waals surface area contributed by atoms with E-state index in [1.165, 1.54) is 4.90 Å². The normalized spacial score (nSPS) is 15.5. The van der Waals surface area contributed by atoms with E-state index in [1.807, 2.05) is 19.1 Å². The van der Waals surface area contributed by atoms with Crippen molar-refractivity contribution >= 4 is 35.1 Å². The lowest BCUT2D eigenvalue weighted by molar-refractivity contribution is -0.151. The molecule has 174 valence electrons. The highest BCUT2D eigenvalue weighted by atomic mass is 16.5. The zero-order chi connectivity index (χ0) is 24.0. The lowest BCUT2D eigenvalue weighted by atomic mass is 10.1. The highest BCUT2D eigenvalue weighted by molar-refractivity contribution is 6.00. The zero-order valence-corrected chi connectivity index (χ0v) is 19.0. The minimum absolute atomic E-state index is 0.00389. The van der Waals surface area contributed by atoms with Crippen LogP contribution in [0.25, 0.3) is 0 Å². The summed E-state index contributed by atoms with van der Waals surface area (Å²) in [6, 6.07) is 13.9. The van der Waals surface area contributed by atoms with Crippen LogP contribution in [0.3, 0.4) is 0 Å². The predicted octanol–water partition coefficient (Wildman–Crippen LogP) is 3.35. The number of anilines is 2. The van der Waals surface area contributed by atoms with Crippen LogP contribution in [0.15, 0.2) is 48.5 Å². The standard InChI is InChI=1S/C25H28N2O6/c1-4-17-5-9-20(10-6-17)26-22(28)15-32-24(30)19-13-23(29)27(14-19)21-11-7-18(8-12-21)25(31)33-16(2)3/h5-12,16,19H,4,13-15H2,1-3H3,(H,26,28)/t19-/m0/s1. The molecule has 1 aliphatic rings. The fourth-order valence-corrected chi connectivity index (χ4v) is 3.45. The second kappa shape index (κ2) is 10.8. The molecule has 2 aromatic carbocycles. The Morgan fingerprint density at radius 2 is 1.73 bits per heavy atom. The topological polar surface area (TPSA) is 102 Å². The fraction of sp³-hybridized carbons (Fsp3) is 0.360. The molecule has 0 radical (unpaired) electrons. The Morgan fingerprint density at radius 1 is 1.06 bits per heavy atom. The summed E-state index contributed by atoms with van der Waals surface area (Å²) in [5.41, 5.74) is 2.73. The Hall–Kier alpha value is -3.68. The van der Waals surface area contributed by atoms with Gasteiger partial charge >= 0.3 is 11.9 Å². The average molecular weight is 453 g/mol. The molecular weight excluding hydrogens is 424 g/mol. The first-order chi connectivity index (χ1) is 15.8. The van der Waals surface area contributed by atoms with Crippen LogP contribution in [0.4, 0.5) is 11.4 Å². The third-order valence-electron chi connectivity index (χ3n) is 5.21. The highest BCUT2D eigenvalue weighted by Crippen LogP contribution is 2.26. The van der Waals surface area contributed by atoms with Crippen molar-refractivity contribution in [1.82, 2.24) is 0 Å². The van der Waals surface area contributed by atoms with Crippen molar-refractivity contribution in [3.05, 3.63) is 59.7 Å². The molecule has 1 atom stereocenters. The first kappa shape index (κ1) is 24.0. The van der Waals surface area contributed by atoms with Gasteiger partial charge in [-0.05, 0) is 62.2 Å². The number of rotatable bonds is 8. The maximum Gasteiger partial charge on any atom is 0.338 e. The molecule has 2 aromatic rings. The summed E-state index contributed by atoms with van der Waals surface area (Å²) in [5.74, 6) is -2.38. The monoisotopic (exact) mass is 452 g/mol. The van der Waals surface area contributed by atoms with E-state index in [-0.39, 0.29) is 25.0 Å². The van der Waals surface area contributed by atoms with Crippen LogP contribution in [0, 0.1) is 5.92 Å². The van der Waals surface area contributed by atoms with Gasteiger partial charge in [-0.1, -0.05) is 19.1 Å². The van der Waals surface area contributed by atoms with Gasteiger partial charge in [-0.15, -0.1) is 0 Å². The molecule has 0 spiro atoms. The van der Waals surface area contributed by atoms with E-state index in [4.69, 9.17) is 9.47 Å². The Kier molecular flexibility index (Phi) is 7.82. The van der Waals surface area contributed by atoms with Crippen LogP contribution in [0.2, 0.25) is 0 Å². The second-order valence-corrected chi connectivity index (χ2v) is 8.11. The summed E-state index contributed by atoms with van der Waals surface area (Å²) < 4.78 is 10.3. The SMILES string of the molecule is CCc1ccc(NC(=O)COC(=O)[C@H]2CC(=O)N(c3ccc(C(=O)OC(C)C)cc3)C2)cc1. The number of amides is 2. The molecule has 3 rings (SSSR count). The number of ether oxygens (including phenoxy) is 2. The van der Waals surface area contributed by atoms with Gasteiger partial charge < -0.3 is 19.7 Å². The number of esters is 2. The van der Waals surface area contributed by atoms with Crippen molar-refractivity contribution in [3.63, 3.8) is 0 Å². The number of benzene rings is 2. The molecule has 2 amide bonds. The molecule has 0 bridgehead atoms. The minimum atomic E-state index is -0.667. The van der Waals surface area contributed by atoms with E-state index in [2.05, 4.69) is 5.32 Å². The van der Waals surface area contributed by atoms with Crippen molar-refractivity contribution in [3.8, 4) is 0 Å². The van der Waals surface area contributed by atoms with Crippen LogP contribution >= 0.6 is 0 Å². The van der Waals surface area contributed by atoms with Crippen LogP contribution in [-0.2, 0) is 30.3 Å². The lowest BCUT2D eigenvalue weighted by Gasteiger charge is -2.17. The van der Waals surface area contributed by atoms with Crippen LogP contribution in [0.1, 0.15) is 43.1 Å². The van der Waals surface area contributed by atoms with Gasteiger partial charge in [0.25, 0.3) is 5.91 Å². The number of hydrogen-bond donors (Lipinski definition) is 1. The molecule has 8 heteroatoms. The zero-order valence-electron chi connectivity index (χ0n) is 19.0. The minimum Gasteiger partial charge on any atom is -0.459 e. The van der Waals surface area contributed by atoms with Crippen molar-refractivity contribution in [2.45, 2.75) is 39.7 Å².